The maximum Gasteiger partial charge on any atom is 0.123 e. The van der Waals surface area contributed by atoms with Crippen molar-refractivity contribution in [3.05, 3.63) is 29.6 Å². The highest BCUT2D eigenvalue weighted by molar-refractivity contribution is 7.98. The van der Waals surface area contributed by atoms with E-state index in [1.807, 2.05) is 23.9 Å². The fourth-order valence-corrected chi connectivity index (χ4v) is 2.08. The van der Waals surface area contributed by atoms with Crippen LogP contribution in [-0.4, -0.2) is 40.5 Å². The number of thiocarbonyl (C=S) groups is 1. The molecule has 88 valence electrons. The Kier molecular flexibility index (Phi) is 5.73. The van der Waals surface area contributed by atoms with Crippen LogP contribution in [0.5, 0.6) is 0 Å². The molecule has 1 aromatic heterocycles. The molecule has 0 bridgehead atoms. The van der Waals surface area contributed by atoms with Crippen molar-refractivity contribution >= 4 is 29.0 Å². The second-order valence-electron chi connectivity index (χ2n) is 3.61. The van der Waals surface area contributed by atoms with Gasteiger partial charge in [0.05, 0.1) is 0 Å². The minimum Gasteiger partial charge on any atom is -0.388 e. The number of nitrogens with two attached hydrogens (primary N) is 1. The summed E-state index contributed by atoms with van der Waals surface area (Å²) in [6.45, 7) is 1.88. The third-order valence-electron chi connectivity index (χ3n) is 2.24. The molecule has 0 spiro atoms. The molecule has 0 atom stereocenters. The highest BCUT2D eigenvalue weighted by Crippen LogP contribution is 2.08. The van der Waals surface area contributed by atoms with Gasteiger partial charge in [0.1, 0.15) is 10.7 Å². The summed E-state index contributed by atoms with van der Waals surface area (Å²) in [5.74, 6) is 1.12. The summed E-state index contributed by atoms with van der Waals surface area (Å²) >= 11 is 6.83. The lowest BCUT2D eigenvalue weighted by molar-refractivity contribution is 0.348. The molecule has 0 aliphatic carbocycles. The smallest absolute Gasteiger partial charge is 0.123 e. The highest BCUT2D eigenvalue weighted by atomic mass is 32.2. The lowest BCUT2D eigenvalue weighted by Gasteiger charge is -2.17. The van der Waals surface area contributed by atoms with Crippen molar-refractivity contribution in [2.75, 3.05) is 25.6 Å². The van der Waals surface area contributed by atoms with E-state index in [0.29, 0.717) is 4.99 Å². The Bertz CT molecular complexity index is 355. The zero-order chi connectivity index (χ0) is 12.0. The predicted octanol–water partition coefficient (Wildman–Crippen LogP) is 1.51. The Morgan fingerprint density at radius 1 is 1.62 bits per heavy atom. The molecule has 0 aliphatic heterocycles. The van der Waals surface area contributed by atoms with Gasteiger partial charge in [0, 0.05) is 25.0 Å². The SMILES string of the molecule is CSCCN(C)Cc1cccnc1C(N)=S. The Morgan fingerprint density at radius 3 is 3.00 bits per heavy atom. The summed E-state index contributed by atoms with van der Waals surface area (Å²) in [4.78, 5) is 6.83. The molecular formula is C11H17N3S2. The maximum atomic E-state index is 5.64. The van der Waals surface area contributed by atoms with Gasteiger partial charge in [-0.3, -0.25) is 4.98 Å². The van der Waals surface area contributed by atoms with Gasteiger partial charge >= 0.3 is 0 Å². The van der Waals surface area contributed by atoms with Crippen molar-refractivity contribution in [1.29, 1.82) is 0 Å². The monoisotopic (exact) mass is 255 g/mol. The standard InChI is InChI=1S/C11H17N3S2/c1-14(6-7-16-2)8-9-4-3-5-13-10(9)11(12)15/h3-5H,6-8H2,1-2H3,(H2,12,15). The maximum absolute atomic E-state index is 5.64. The normalized spacial score (nSPS) is 10.7. The van der Waals surface area contributed by atoms with Crippen molar-refractivity contribution in [3.8, 4) is 0 Å². The number of rotatable bonds is 6. The predicted molar refractivity (Wildman–Crippen MR) is 74.8 cm³/mol. The molecule has 0 saturated carbocycles. The van der Waals surface area contributed by atoms with E-state index in [9.17, 15) is 0 Å². The van der Waals surface area contributed by atoms with Crippen LogP contribution in [0.4, 0.5) is 0 Å². The van der Waals surface area contributed by atoms with Gasteiger partial charge in [-0.15, -0.1) is 0 Å². The molecule has 0 aromatic carbocycles. The van der Waals surface area contributed by atoms with Crippen LogP contribution in [0, 0.1) is 0 Å². The average molecular weight is 255 g/mol. The van der Waals surface area contributed by atoms with Crippen molar-refractivity contribution in [3.63, 3.8) is 0 Å². The van der Waals surface area contributed by atoms with E-state index in [-0.39, 0.29) is 0 Å². The van der Waals surface area contributed by atoms with E-state index in [4.69, 9.17) is 18.0 Å². The van der Waals surface area contributed by atoms with Gasteiger partial charge in [0.2, 0.25) is 0 Å². The first-order chi connectivity index (χ1) is 7.65. The van der Waals surface area contributed by atoms with Gasteiger partial charge in [-0.1, -0.05) is 18.3 Å². The summed E-state index contributed by atoms with van der Waals surface area (Å²) in [5, 5.41) is 0. The minimum atomic E-state index is 0.369. The number of nitrogens with zero attached hydrogens (tertiary/aromatic N) is 2. The minimum absolute atomic E-state index is 0.369. The first kappa shape index (κ1) is 13.4. The fraction of sp³-hybridized carbons (Fsp3) is 0.455. The van der Waals surface area contributed by atoms with Gasteiger partial charge in [-0.05, 0) is 24.9 Å². The van der Waals surface area contributed by atoms with Crippen LogP contribution in [0.2, 0.25) is 0 Å². The number of hydrogen-bond acceptors (Lipinski definition) is 4. The molecule has 0 saturated heterocycles. The largest absolute Gasteiger partial charge is 0.388 e. The molecule has 0 unspecified atom stereocenters. The van der Waals surface area contributed by atoms with Crippen LogP contribution in [0.3, 0.4) is 0 Å². The first-order valence-corrected chi connectivity index (χ1v) is 6.86. The second kappa shape index (κ2) is 6.83. The van der Waals surface area contributed by atoms with Crippen LogP contribution in [0.25, 0.3) is 0 Å². The number of hydrogen-bond donors (Lipinski definition) is 1. The second-order valence-corrected chi connectivity index (χ2v) is 5.03. The zero-order valence-electron chi connectivity index (χ0n) is 9.64. The summed E-state index contributed by atoms with van der Waals surface area (Å²) in [7, 11) is 2.09. The van der Waals surface area contributed by atoms with E-state index in [1.165, 1.54) is 0 Å². The van der Waals surface area contributed by atoms with Crippen molar-refractivity contribution < 1.29 is 0 Å². The van der Waals surface area contributed by atoms with E-state index in [2.05, 4.69) is 23.2 Å². The quantitative estimate of drug-likeness (QED) is 0.781. The van der Waals surface area contributed by atoms with Crippen molar-refractivity contribution in [2.45, 2.75) is 6.54 Å². The lowest BCUT2D eigenvalue weighted by atomic mass is 10.2. The van der Waals surface area contributed by atoms with E-state index in [1.54, 1.807) is 6.20 Å². The number of thioether (sulfide) groups is 1. The third-order valence-corrected chi connectivity index (χ3v) is 3.03. The molecular weight excluding hydrogens is 238 g/mol. The van der Waals surface area contributed by atoms with E-state index in [0.717, 1.165) is 30.1 Å². The summed E-state index contributed by atoms with van der Waals surface area (Å²) < 4.78 is 0. The topological polar surface area (TPSA) is 42.2 Å². The molecule has 0 fully saturated rings. The molecule has 3 nitrogen and oxygen atoms in total. The Labute approximate surface area is 106 Å². The summed E-state index contributed by atoms with van der Waals surface area (Å²) in [5.41, 5.74) is 7.48. The first-order valence-electron chi connectivity index (χ1n) is 5.06. The van der Waals surface area contributed by atoms with Gasteiger partial charge in [0.15, 0.2) is 0 Å². The van der Waals surface area contributed by atoms with Crippen LogP contribution in [0.15, 0.2) is 18.3 Å². The highest BCUT2D eigenvalue weighted by Gasteiger charge is 2.08. The van der Waals surface area contributed by atoms with Crippen molar-refractivity contribution in [1.82, 2.24) is 9.88 Å². The molecule has 0 amide bonds. The molecule has 0 aliphatic rings. The van der Waals surface area contributed by atoms with Crippen molar-refractivity contribution in [2.24, 2.45) is 5.73 Å². The van der Waals surface area contributed by atoms with Crippen LogP contribution < -0.4 is 5.73 Å². The lowest BCUT2D eigenvalue weighted by Crippen LogP contribution is -2.23. The average Bonchev–Trinajstić information content (AvgIpc) is 2.27. The fourth-order valence-electron chi connectivity index (χ4n) is 1.41. The Balaban J connectivity index is 2.69. The summed E-state index contributed by atoms with van der Waals surface area (Å²) in [6, 6.07) is 3.94. The molecule has 1 rings (SSSR count). The van der Waals surface area contributed by atoms with Gasteiger partial charge in [-0.25, -0.2) is 0 Å². The Hall–Kier alpha value is -0.650. The van der Waals surface area contributed by atoms with E-state index < -0.39 is 0 Å². The van der Waals surface area contributed by atoms with Crippen LogP contribution >= 0.6 is 24.0 Å². The van der Waals surface area contributed by atoms with E-state index >= 15 is 0 Å². The van der Waals surface area contributed by atoms with Gasteiger partial charge < -0.3 is 10.6 Å². The van der Waals surface area contributed by atoms with Crippen LogP contribution in [-0.2, 0) is 6.54 Å². The third kappa shape index (κ3) is 4.08. The van der Waals surface area contributed by atoms with Gasteiger partial charge in [-0.2, -0.15) is 11.8 Å². The molecule has 0 radical (unpaired) electrons. The van der Waals surface area contributed by atoms with Gasteiger partial charge in [0.25, 0.3) is 0 Å². The molecule has 16 heavy (non-hydrogen) atoms. The Morgan fingerprint density at radius 2 is 2.38 bits per heavy atom. The number of pyridine rings is 1. The molecule has 5 heteroatoms. The molecule has 1 heterocycles. The number of aromatic nitrogens is 1. The van der Waals surface area contributed by atoms with Crippen LogP contribution in [0.1, 0.15) is 11.3 Å². The molecule has 1 aromatic rings. The molecule has 2 N–H and O–H groups in total. The summed E-state index contributed by atoms with van der Waals surface area (Å²) in [6.07, 6.45) is 3.83. The zero-order valence-corrected chi connectivity index (χ0v) is 11.3.